The number of rotatable bonds is 7. The predicted molar refractivity (Wildman–Crippen MR) is 218 cm³/mol. The fraction of sp³-hybridized carbons (Fsp3) is 0.643. The number of hydrogen-bond acceptors (Lipinski definition) is 10. The lowest BCUT2D eigenvalue weighted by atomic mass is 9.70. The third-order valence-electron chi connectivity index (χ3n) is 13.2. The van der Waals surface area contributed by atoms with Gasteiger partial charge >= 0.3 is 10.2 Å². The summed E-state index contributed by atoms with van der Waals surface area (Å²) in [7, 11) is 0.479. The van der Waals surface area contributed by atoms with Crippen molar-refractivity contribution in [1.82, 2.24) is 18.8 Å². The molecule has 0 aromatic heterocycles. The Kier molecular flexibility index (Phi) is 12.7. The van der Waals surface area contributed by atoms with Gasteiger partial charge in [-0.2, -0.15) is 12.7 Å². The highest BCUT2D eigenvalue weighted by Gasteiger charge is 2.50. The molecule has 2 saturated heterocycles. The summed E-state index contributed by atoms with van der Waals surface area (Å²) in [5, 5.41) is 12.4. The van der Waals surface area contributed by atoms with E-state index in [1.165, 1.54) is 26.1 Å². The molecule has 2 aromatic rings. The third-order valence-corrected chi connectivity index (χ3v) is 14.8. The number of benzene rings is 2. The van der Waals surface area contributed by atoms with E-state index < -0.39 is 27.8 Å². The summed E-state index contributed by atoms with van der Waals surface area (Å²) >= 11 is 6.44. The molecule has 1 amide bonds. The monoisotopic (exact) mass is 813 g/mol. The molecule has 2 N–H and O–H groups in total. The standard InChI is InChI=1S/C42H60ClN5O7S/c1-41(40(50)44-56(51,52)45(2)3)25-39(49)46(4)18-7-6-10-37(54-22-21-48-20-17-42(48)28-53-29-42)35-15-12-31(35)26-47-19-8-5-9-30-23-34(43)14-11-32(30)27-55-38-16-13-33(41)24-36(38)47/h6,10-11,13-14,16,23-24,31,35,37,39,49H,5,7-9,12,15,17-22,25-29H2,1-4H3,(H,44,50)/b10-6+/t31-,35+,37-,39?,41-/m0/s1. The lowest BCUT2D eigenvalue weighted by molar-refractivity contribution is -0.197. The molecule has 0 radical (unpaired) electrons. The second-order valence-electron chi connectivity index (χ2n) is 17.0. The Balaban J connectivity index is 1.23. The number of ether oxygens (including phenoxy) is 3. The van der Waals surface area contributed by atoms with E-state index in [9.17, 15) is 18.3 Å². The van der Waals surface area contributed by atoms with E-state index in [1.807, 2.05) is 48.3 Å². The fourth-order valence-electron chi connectivity index (χ4n) is 8.88. The van der Waals surface area contributed by atoms with Crippen LogP contribution in [0.5, 0.6) is 5.75 Å². The van der Waals surface area contributed by atoms with Gasteiger partial charge in [0.15, 0.2) is 0 Å². The van der Waals surface area contributed by atoms with Crippen LogP contribution in [0.4, 0.5) is 5.69 Å². The predicted octanol–water partition coefficient (Wildman–Crippen LogP) is 4.73. The smallest absolute Gasteiger partial charge is 0.303 e. The van der Waals surface area contributed by atoms with Crippen molar-refractivity contribution in [2.45, 2.75) is 88.2 Å². The Labute approximate surface area is 338 Å². The van der Waals surface area contributed by atoms with Gasteiger partial charge in [-0.05, 0) is 112 Å². The molecule has 1 unspecified atom stereocenters. The summed E-state index contributed by atoms with van der Waals surface area (Å²) in [6.07, 6.45) is 10.1. The number of carbonyl (C=O) groups is 1. The molecular formula is C42H60ClN5O7S. The molecule has 1 aliphatic carbocycles. The number of amides is 1. The van der Waals surface area contributed by atoms with E-state index >= 15 is 0 Å². The van der Waals surface area contributed by atoms with Crippen LogP contribution in [0, 0.1) is 11.8 Å². The molecule has 7 rings (SSSR count). The Morgan fingerprint density at radius 2 is 1.91 bits per heavy atom. The van der Waals surface area contributed by atoms with Crippen molar-refractivity contribution in [3.63, 3.8) is 0 Å². The van der Waals surface area contributed by atoms with Crippen molar-refractivity contribution in [3.05, 3.63) is 70.3 Å². The zero-order valence-corrected chi connectivity index (χ0v) is 35.0. The molecule has 5 aliphatic rings. The normalized spacial score (nSPS) is 29.4. The number of hydrogen-bond donors (Lipinski definition) is 2. The van der Waals surface area contributed by atoms with E-state index in [2.05, 4.69) is 26.7 Å². The first kappa shape index (κ1) is 41.4. The summed E-state index contributed by atoms with van der Waals surface area (Å²) in [4.78, 5) is 21.0. The van der Waals surface area contributed by atoms with Crippen molar-refractivity contribution in [2.24, 2.45) is 11.8 Å². The molecule has 1 saturated carbocycles. The van der Waals surface area contributed by atoms with Crippen LogP contribution in [0.25, 0.3) is 0 Å². The maximum Gasteiger partial charge on any atom is 0.303 e. The number of fused-ring (bicyclic) bond motifs is 3. The van der Waals surface area contributed by atoms with Gasteiger partial charge in [0.05, 0.1) is 42.6 Å². The SMILES string of the molecule is CN1CC/C=C/[C@H](OCCN2CCC23COC3)[C@@H]2CC[C@H]2CN2CCCCc3cc(Cl)ccc3COc3ccc(cc32)[C@@](C)(C(=O)NS(=O)(=O)N(C)C)CC1O. The van der Waals surface area contributed by atoms with E-state index in [1.54, 1.807) is 6.92 Å². The molecule has 4 heterocycles. The number of aliphatic hydroxyl groups excluding tert-OH is 1. The van der Waals surface area contributed by atoms with Gasteiger partial charge in [-0.25, -0.2) is 4.72 Å². The van der Waals surface area contributed by atoms with E-state index in [0.29, 0.717) is 54.4 Å². The molecule has 14 heteroatoms. The Morgan fingerprint density at radius 1 is 1.09 bits per heavy atom. The summed E-state index contributed by atoms with van der Waals surface area (Å²) in [6, 6.07) is 11.7. The summed E-state index contributed by atoms with van der Waals surface area (Å²) in [5.74, 6) is 0.688. The second kappa shape index (κ2) is 17.2. The summed E-state index contributed by atoms with van der Waals surface area (Å²) < 4.78 is 48.3. The Bertz CT molecular complexity index is 1850. The minimum atomic E-state index is -4.11. The molecule has 308 valence electrons. The maximum absolute atomic E-state index is 14.2. The van der Waals surface area contributed by atoms with E-state index in [0.717, 1.165) is 87.1 Å². The first-order valence-electron chi connectivity index (χ1n) is 20.3. The van der Waals surface area contributed by atoms with Crippen LogP contribution in [0.1, 0.15) is 68.6 Å². The molecule has 1 spiro atoms. The number of halogens is 1. The molecule has 2 bridgehead atoms. The van der Waals surface area contributed by atoms with Gasteiger partial charge in [-0.3, -0.25) is 14.6 Å². The van der Waals surface area contributed by atoms with Crippen LogP contribution < -0.4 is 14.4 Å². The zero-order valence-electron chi connectivity index (χ0n) is 33.4. The second-order valence-corrected chi connectivity index (χ2v) is 19.3. The van der Waals surface area contributed by atoms with Gasteiger partial charge in [0.1, 0.15) is 18.6 Å². The van der Waals surface area contributed by atoms with Crippen molar-refractivity contribution >= 4 is 33.4 Å². The van der Waals surface area contributed by atoms with Crippen molar-refractivity contribution in [2.75, 3.05) is 78.6 Å². The molecule has 5 atom stereocenters. The molecular weight excluding hydrogens is 754 g/mol. The van der Waals surface area contributed by atoms with Gasteiger partial charge in [0.2, 0.25) is 5.91 Å². The molecule has 2 aromatic carbocycles. The highest BCUT2D eigenvalue weighted by Crippen LogP contribution is 2.44. The highest BCUT2D eigenvalue weighted by molar-refractivity contribution is 7.87. The number of nitrogens with zero attached hydrogens (tertiary/aromatic N) is 4. The van der Waals surface area contributed by atoms with Gasteiger partial charge in [-0.15, -0.1) is 0 Å². The van der Waals surface area contributed by atoms with Gasteiger partial charge in [0.25, 0.3) is 0 Å². The van der Waals surface area contributed by atoms with Crippen LogP contribution in [0.3, 0.4) is 0 Å². The maximum atomic E-state index is 14.2. The first-order chi connectivity index (χ1) is 26.8. The van der Waals surface area contributed by atoms with Crippen LogP contribution in [-0.4, -0.2) is 125 Å². The van der Waals surface area contributed by atoms with Crippen molar-refractivity contribution < 1.29 is 32.5 Å². The number of aryl methyl sites for hydroxylation is 1. The van der Waals surface area contributed by atoms with Crippen molar-refractivity contribution in [3.8, 4) is 5.75 Å². The molecule has 3 fully saturated rings. The van der Waals surface area contributed by atoms with Gasteiger partial charge in [0, 0.05) is 58.3 Å². The number of likely N-dealkylation sites (tertiary alicyclic amines) is 1. The zero-order chi connectivity index (χ0) is 39.7. The Morgan fingerprint density at radius 3 is 2.61 bits per heavy atom. The van der Waals surface area contributed by atoms with Crippen LogP contribution in [0.15, 0.2) is 48.6 Å². The van der Waals surface area contributed by atoms with E-state index in [-0.39, 0.29) is 18.1 Å². The summed E-state index contributed by atoms with van der Waals surface area (Å²) in [6.45, 7) is 8.46. The van der Waals surface area contributed by atoms with Crippen LogP contribution in [0.2, 0.25) is 5.02 Å². The fourth-order valence-corrected chi connectivity index (χ4v) is 9.72. The minimum Gasteiger partial charge on any atom is -0.487 e. The topological polar surface area (TPSA) is 124 Å². The van der Waals surface area contributed by atoms with Crippen molar-refractivity contribution in [1.29, 1.82) is 0 Å². The average molecular weight is 814 g/mol. The number of carbonyl (C=O) groups excluding carboxylic acids is 1. The van der Waals surface area contributed by atoms with Gasteiger partial charge < -0.3 is 24.2 Å². The molecule has 56 heavy (non-hydrogen) atoms. The lowest BCUT2D eigenvalue weighted by Gasteiger charge is -2.57. The van der Waals surface area contributed by atoms with Crippen LogP contribution >= 0.6 is 11.6 Å². The number of aliphatic hydroxyl groups is 1. The number of nitrogens with one attached hydrogen (secondary N) is 1. The molecule has 12 nitrogen and oxygen atoms in total. The minimum absolute atomic E-state index is 0.0254. The van der Waals surface area contributed by atoms with E-state index in [4.69, 9.17) is 25.8 Å². The lowest BCUT2D eigenvalue weighted by Crippen LogP contribution is -2.71. The summed E-state index contributed by atoms with van der Waals surface area (Å²) in [5.41, 5.74) is 2.53. The Hall–Kier alpha value is -2.75. The average Bonchev–Trinajstić information content (AvgIpc) is 3.14. The first-order valence-corrected chi connectivity index (χ1v) is 22.1. The highest BCUT2D eigenvalue weighted by atomic mass is 35.5. The number of anilines is 1. The molecule has 4 aliphatic heterocycles. The van der Waals surface area contributed by atoms with Crippen LogP contribution in [-0.2, 0) is 42.9 Å². The largest absolute Gasteiger partial charge is 0.487 e. The quantitative estimate of drug-likeness (QED) is 0.380. The third kappa shape index (κ3) is 8.80. The van der Waals surface area contributed by atoms with Gasteiger partial charge in [-0.1, -0.05) is 35.9 Å².